The molecule has 2 rings (SSSR count). The second-order valence-corrected chi connectivity index (χ2v) is 5.74. The van der Waals surface area contributed by atoms with E-state index < -0.39 is 0 Å². The number of hydrogen-bond acceptors (Lipinski definition) is 4. The predicted octanol–water partition coefficient (Wildman–Crippen LogP) is 2.55. The Balaban J connectivity index is 1.75. The van der Waals surface area contributed by atoms with Crippen LogP contribution in [-0.2, 0) is 6.54 Å². The van der Waals surface area contributed by atoms with Gasteiger partial charge in [0.25, 0.3) is 0 Å². The molecule has 1 atom stereocenters. The Bertz CT molecular complexity index is 463. The van der Waals surface area contributed by atoms with Crippen molar-refractivity contribution in [3.63, 3.8) is 0 Å². The maximum Gasteiger partial charge on any atom is 0.174 e. The summed E-state index contributed by atoms with van der Waals surface area (Å²) in [4.78, 5) is 2.55. The number of hydrogen-bond donors (Lipinski definition) is 1. The molecule has 0 spiro atoms. The molecule has 1 aliphatic heterocycles. The smallest absolute Gasteiger partial charge is 0.174 e. The molecule has 114 valence electrons. The minimum absolute atomic E-state index is 0.0994. The molecular weight excluding hydrogens is 262 g/mol. The van der Waals surface area contributed by atoms with E-state index in [9.17, 15) is 0 Å². The number of nitrogens with one attached hydrogen (secondary N) is 1. The van der Waals surface area contributed by atoms with E-state index in [1.807, 2.05) is 24.3 Å². The molecule has 0 aliphatic carbocycles. The van der Waals surface area contributed by atoms with E-state index in [0.717, 1.165) is 18.8 Å². The summed E-state index contributed by atoms with van der Waals surface area (Å²) in [5, 5.41) is 12.1. The van der Waals surface area contributed by atoms with E-state index in [-0.39, 0.29) is 6.61 Å². The molecule has 1 N–H and O–H groups in total. The van der Waals surface area contributed by atoms with Crippen LogP contribution >= 0.6 is 0 Å². The van der Waals surface area contributed by atoms with Crippen molar-refractivity contribution >= 4 is 0 Å². The van der Waals surface area contributed by atoms with Gasteiger partial charge in [0, 0.05) is 19.1 Å². The van der Waals surface area contributed by atoms with Crippen molar-refractivity contribution in [1.29, 1.82) is 5.26 Å². The van der Waals surface area contributed by atoms with Crippen molar-refractivity contribution in [2.45, 2.75) is 38.8 Å². The lowest BCUT2D eigenvalue weighted by molar-refractivity contribution is 0.209. The monoisotopic (exact) mass is 287 g/mol. The molecule has 21 heavy (non-hydrogen) atoms. The van der Waals surface area contributed by atoms with E-state index in [2.05, 4.69) is 23.2 Å². The lowest BCUT2D eigenvalue weighted by Gasteiger charge is -2.29. The number of piperidine rings is 1. The highest BCUT2D eigenvalue weighted by atomic mass is 16.5. The van der Waals surface area contributed by atoms with Gasteiger partial charge in [0.05, 0.1) is 0 Å². The Morgan fingerprint density at radius 1 is 1.33 bits per heavy atom. The highest BCUT2D eigenvalue weighted by Crippen LogP contribution is 2.13. The zero-order valence-corrected chi connectivity index (χ0v) is 12.8. The van der Waals surface area contributed by atoms with Crippen LogP contribution in [0.5, 0.6) is 5.75 Å². The summed E-state index contributed by atoms with van der Waals surface area (Å²) in [7, 11) is 0. The summed E-state index contributed by atoms with van der Waals surface area (Å²) in [6.07, 6.45) is 4.06. The first-order valence-electron chi connectivity index (χ1n) is 7.82. The predicted molar refractivity (Wildman–Crippen MR) is 84.1 cm³/mol. The molecule has 1 unspecified atom stereocenters. The Kier molecular flexibility index (Phi) is 6.52. The highest BCUT2D eigenvalue weighted by Gasteiger charge is 2.12. The van der Waals surface area contributed by atoms with E-state index in [1.165, 1.54) is 37.9 Å². The van der Waals surface area contributed by atoms with Gasteiger partial charge in [-0.05, 0) is 50.6 Å². The van der Waals surface area contributed by atoms with Crippen LogP contribution in [0.1, 0.15) is 31.7 Å². The SMILES string of the molecule is CC(CN1CCCCC1)NCc1cccc(OCC#N)c1. The summed E-state index contributed by atoms with van der Waals surface area (Å²) in [6.45, 7) is 6.77. The third kappa shape index (κ3) is 5.74. The van der Waals surface area contributed by atoms with Gasteiger partial charge < -0.3 is 15.0 Å². The molecule has 1 saturated heterocycles. The van der Waals surface area contributed by atoms with Crippen molar-refractivity contribution in [3.05, 3.63) is 29.8 Å². The van der Waals surface area contributed by atoms with E-state index in [1.54, 1.807) is 0 Å². The van der Waals surface area contributed by atoms with Gasteiger partial charge in [-0.15, -0.1) is 0 Å². The first kappa shape index (κ1) is 15.8. The minimum atomic E-state index is 0.0994. The number of benzene rings is 1. The van der Waals surface area contributed by atoms with Crippen molar-refractivity contribution in [2.75, 3.05) is 26.2 Å². The lowest BCUT2D eigenvalue weighted by Crippen LogP contribution is -2.41. The van der Waals surface area contributed by atoms with Gasteiger partial charge in [0.2, 0.25) is 0 Å². The van der Waals surface area contributed by atoms with Crippen LogP contribution in [0, 0.1) is 11.3 Å². The number of rotatable bonds is 7. The molecule has 4 heteroatoms. The van der Waals surface area contributed by atoms with Crippen LogP contribution in [0.3, 0.4) is 0 Å². The van der Waals surface area contributed by atoms with Crippen molar-refractivity contribution in [3.8, 4) is 11.8 Å². The quantitative estimate of drug-likeness (QED) is 0.837. The molecule has 4 nitrogen and oxygen atoms in total. The zero-order valence-electron chi connectivity index (χ0n) is 12.8. The van der Waals surface area contributed by atoms with Crippen LogP contribution in [0.2, 0.25) is 0 Å². The molecule has 0 bridgehead atoms. The highest BCUT2D eigenvalue weighted by molar-refractivity contribution is 5.28. The molecule has 1 heterocycles. The summed E-state index contributed by atoms with van der Waals surface area (Å²) < 4.78 is 5.33. The van der Waals surface area contributed by atoms with Crippen LogP contribution in [0.4, 0.5) is 0 Å². The second-order valence-electron chi connectivity index (χ2n) is 5.74. The fourth-order valence-corrected chi connectivity index (χ4v) is 2.75. The summed E-state index contributed by atoms with van der Waals surface area (Å²) in [5.74, 6) is 0.763. The van der Waals surface area contributed by atoms with Crippen molar-refractivity contribution in [2.24, 2.45) is 0 Å². The first-order chi connectivity index (χ1) is 10.3. The molecule has 1 aromatic rings. The Morgan fingerprint density at radius 2 is 2.14 bits per heavy atom. The van der Waals surface area contributed by atoms with Crippen LogP contribution in [0.15, 0.2) is 24.3 Å². The van der Waals surface area contributed by atoms with Crippen molar-refractivity contribution < 1.29 is 4.74 Å². The summed E-state index contributed by atoms with van der Waals surface area (Å²) in [5.41, 5.74) is 1.19. The molecule has 0 radical (unpaired) electrons. The zero-order chi connectivity index (χ0) is 14.9. The molecular formula is C17H25N3O. The number of nitrogens with zero attached hydrogens (tertiary/aromatic N) is 2. The maximum absolute atomic E-state index is 8.54. The fourth-order valence-electron chi connectivity index (χ4n) is 2.75. The third-order valence-corrected chi connectivity index (χ3v) is 3.84. The Labute approximate surface area is 127 Å². The minimum Gasteiger partial charge on any atom is -0.479 e. The van der Waals surface area contributed by atoms with Crippen LogP contribution in [0.25, 0.3) is 0 Å². The van der Waals surface area contributed by atoms with Gasteiger partial charge in [0.15, 0.2) is 6.61 Å². The largest absolute Gasteiger partial charge is 0.479 e. The second kappa shape index (κ2) is 8.66. The van der Waals surface area contributed by atoms with Gasteiger partial charge in [-0.3, -0.25) is 0 Å². The molecule has 0 amide bonds. The van der Waals surface area contributed by atoms with Gasteiger partial charge in [-0.1, -0.05) is 18.6 Å². The van der Waals surface area contributed by atoms with Crippen molar-refractivity contribution in [1.82, 2.24) is 10.2 Å². The molecule has 1 aromatic carbocycles. The first-order valence-corrected chi connectivity index (χ1v) is 7.82. The van der Waals surface area contributed by atoms with Gasteiger partial charge >= 0.3 is 0 Å². The molecule has 1 fully saturated rings. The average Bonchev–Trinajstić information content (AvgIpc) is 2.52. The Hall–Kier alpha value is -1.57. The van der Waals surface area contributed by atoms with E-state index in [0.29, 0.717) is 6.04 Å². The Morgan fingerprint density at radius 3 is 2.90 bits per heavy atom. The fraction of sp³-hybridized carbons (Fsp3) is 0.588. The maximum atomic E-state index is 8.54. The standard InChI is InChI=1S/C17H25N3O/c1-15(14-20-9-3-2-4-10-20)19-13-16-6-5-7-17(12-16)21-11-8-18/h5-7,12,15,19H,2-4,9-11,13-14H2,1H3. The molecule has 0 aromatic heterocycles. The molecule has 1 aliphatic rings. The van der Waals surface area contributed by atoms with E-state index in [4.69, 9.17) is 10.00 Å². The normalized spacial score (nSPS) is 17.1. The number of nitriles is 1. The van der Waals surface area contributed by atoms with Crippen LogP contribution in [-0.4, -0.2) is 37.2 Å². The van der Waals surface area contributed by atoms with Gasteiger partial charge in [0.1, 0.15) is 11.8 Å². The number of likely N-dealkylation sites (tertiary alicyclic amines) is 1. The van der Waals surface area contributed by atoms with Gasteiger partial charge in [-0.25, -0.2) is 0 Å². The topological polar surface area (TPSA) is 48.3 Å². The summed E-state index contributed by atoms with van der Waals surface area (Å²) in [6, 6.07) is 10.4. The van der Waals surface area contributed by atoms with Gasteiger partial charge in [-0.2, -0.15) is 5.26 Å². The average molecular weight is 287 g/mol. The molecule has 0 saturated carbocycles. The summed E-state index contributed by atoms with van der Waals surface area (Å²) >= 11 is 0. The van der Waals surface area contributed by atoms with E-state index >= 15 is 0 Å². The number of ether oxygens (including phenoxy) is 1. The van der Waals surface area contributed by atoms with Crippen LogP contribution < -0.4 is 10.1 Å². The lowest BCUT2D eigenvalue weighted by atomic mass is 10.1. The third-order valence-electron chi connectivity index (χ3n) is 3.84.